The fourth-order valence-electron chi connectivity index (χ4n) is 6.17. The number of unbranched alkanes of at least 4 members (excludes halogenated alkanes) is 10. The van der Waals surface area contributed by atoms with Crippen molar-refractivity contribution in [2.45, 2.75) is 123 Å². The summed E-state index contributed by atoms with van der Waals surface area (Å²) in [6, 6.07) is 26.5. The molecule has 0 radical (unpaired) electrons. The monoisotopic (exact) mass is 646 g/mol. The van der Waals surface area contributed by atoms with Gasteiger partial charge in [0, 0.05) is 12.0 Å². The van der Waals surface area contributed by atoms with Crippen molar-refractivity contribution in [3.63, 3.8) is 0 Å². The third-order valence-electron chi connectivity index (χ3n) is 8.70. The summed E-state index contributed by atoms with van der Waals surface area (Å²) in [5.74, 6) is 0.892. The maximum Gasteiger partial charge on any atom is 0.305 e. The minimum Gasteiger partial charge on any atom is -0.508 e. The molecule has 0 spiro atoms. The molecule has 0 aromatic heterocycles. The maximum atomic E-state index is 12.0. The van der Waals surface area contributed by atoms with Crippen molar-refractivity contribution in [3.05, 3.63) is 84.4 Å². The Kier molecular flexibility index (Phi) is 16.4. The molecule has 252 valence electrons. The maximum absolute atomic E-state index is 12.0. The third kappa shape index (κ3) is 11.9. The highest BCUT2D eigenvalue weighted by Gasteiger charge is 2.50. The van der Waals surface area contributed by atoms with Crippen LogP contribution in [0.2, 0.25) is 5.04 Å². The molecule has 0 saturated heterocycles. The molecule has 46 heavy (non-hydrogen) atoms. The van der Waals surface area contributed by atoms with E-state index in [-0.39, 0.29) is 16.8 Å². The summed E-state index contributed by atoms with van der Waals surface area (Å²) in [6.45, 7) is 10.5. The number of rotatable bonds is 22. The number of phenolic OH excluding ortho intramolecular Hbond substituents is 1. The first-order valence-corrected chi connectivity index (χ1v) is 19.5. The SMILES string of the molecule is CCCCCCCCCOC(=O)CCCCCCCOc1ccc(O)cc1CO[Si](c1ccccc1)(c1ccccc1)C(C)(C)C. The highest BCUT2D eigenvalue weighted by atomic mass is 28.4. The van der Waals surface area contributed by atoms with Crippen molar-refractivity contribution in [1.82, 2.24) is 0 Å². The Bertz CT molecular complexity index is 1220. The van der Waals surface area contributed by atoms with Crippen LogP contribution in [0.1, 0.15) is 117 Å². The number of benzene rings is 3. The summed E-state index contributed by atoms with van der Waals surface area (Å²) in [6.07, 6.45) is 14.0. The molecule has 0 bridgehead atoms. The van der Waals surface area contributed by atoms with Crippen LogP contribution < -0.4 is 15.1 Å². The lowest BCUT2D eigenvalue weighted by Crippen LogP contribution is -2.66. The Morgan fingerprint density at radius 2 is 1.24 bits per heavy atom. The van der Waals surface area contributed by atoms with Gasteiger partial charge in [-0.3, -0.25) is 4.79 Å². The van der Waals surface area contributed by atoms with Crippen LogP contribution in [-0.2, 0) is 20.6 Å². The second-order valence-corrected chi connectivity index (χ2v) is 17.8. The molecule has 0 heterocycles. The minimum atomic E-state index is -2.73. The lowest BCUT2D eigenvalue weighted by molar-refractivity contribution is -0.143. The zero-order valence-corrected chi connectivity index (χ0v) is 29.9. The van der Waals surface area contributed by atoms with E-state index in [1.807, 2.05) is 18.2 Å². The number of aromatic hydroxyl groups is 1. The number of hydrogen-bond donors (Lipinski definition) is 1. The van der Waals surface area contributed by atoms with Crippen LogP contribution in [0.4, 0.5) is 0 Å². The predicted octanol–water partition coefficient (Wildman–Crippen LogP) is 9.48. The van der Waals surface area contributed by atoms with E-state index < -0.39 is 8.32 Å². The van der Waals surface area contributed by atoms with Gasteiger partial charge in [0.1, 0.15) is 11.5 Å². The molecule has 3 aromatic carbocycles. The fraction of sp³-hybridized carbons (Fsp3) is 0.525. The van der Waals surface area contributed by atoms with E-state index in [0.717, 1.165) is 56.3 Å². The second-order valence-electron chi connectivity index (χ2n) is 13.5. The molecular formula is C40H58O5Si. The first-order valence-electron chi connectivity index (χ1n) is 17.6. The largest absolute Gasteiger partial charge is 0.508 e. The normalized spacial score (nSPS) is 11.8. The van der Waals surface area contributed by atoms with Gasteiger partial charge in [-0.2, -0.15) is 0 Å². The molecule has 0 amide bonds. The van der Waals surface area contributed by atoms with E-state index in [9.17, 15) is 9.90 Å². The molecule has 0 unspecified atom stereocenters. The van der Waals surface area contributed by atoms with E-state index in [1.54, 1.807) is 12.1 Å². The van der Waals surface area contributed by atoms with Gasteiger partial charge in [-0.15, -0.1) is 0 Å². The molecule has 3 aromatic rings. The molecule has 0 aliphatic carbocycles. The first kappa shape index (κ1) is 37.4. The van der Waals surface area contributed by atoms with Gasteiger partial charge in [0.2, 0.25) is 0 Å². The smallest absolute Gasteiger partial charge is 0.305 e. The molecule has 0 aliphatic rings. The molecule has 0 saturated carbocycles. The van der Waals surface area contributed by atoms with Gasteiger partial charge in [0.05, 0.1) is 19.8 Å². The Labute approximate surface area is 279 Å². The van der Waals surface area contributed by atoms with Crippen LogP contribution in [0.5, 0.6) is 11.5 Å². The minimum absolute atomic E-state index is 0.0607. The zero-order chi connectivity index (χ0) is 33.1. The predicted molar refractivity (Wildman–Crippen MR) is 193 cm³/mol. The number of ether oxygens (including phenoxy) is 2. The van der Waals surface area contributed by atoms with Crippen molar-refractivity contribution in [2.75, 3.05) is 13.2 Å². The van der Waals surface area contributed by atoms with Crippen molar-refractivity contribution >= 4 is 24.7 Å². The standard InChI is InChI=1S/C40H58O5Si/c1-5-6-7-8-9-12-22-31-44-39(42)27-20-11-10-13-21-30-43-38-29-28-35(41)32-34(38)33-45-46(40(2,3)4,36-23-16-14-17-24-36)37-25-18-15-19-26-37/h14-19,23-26,28-29,32,41H,5-13,20-22,27,30-31,33H2,1-4H3. The number of hydrogen-bond acceptors (Lipinski definition) is 5. The van der Waals surface area contributed by atoms with Crippen LogP contribution in [0, 0.1) is 0 Å². The molecule has 3 rings (SSSR count). The van der Waals surface area contributed by atoms with Gasteiger partial charge in [-0.05, 0) is 52.9 Å². The zero-order valence-electron chi connectivity index (χ0n) is 28.9. The summed E-state index contributed by atoms with van der Waals surface area (Å²) in [4.78, 5) is 12.0. The number of esters is 1. The number of carbonyl (C=O) groups excluding carboxylic acids is 1. The third-order valence-corrected chi connectivity index (χ3v) is 13.7. The highest BCUT2D eigenvalue weighted by Crippen LogP contribution is 2.38. The van der Waals surface area contributed by atoms with Crippen LogP contribution in [0.15, 0.2) is 78.9 Å². The Hall–Kier alpha value is -3.09. The summed E-state index contributed by atoms with van der Waals surface area (Å²) < 4.78 is 18.8. The van der Waals surface area contributed by atoms with Gasteiger partial charge < -0.3 is 19.0 Å². The summed E-state index contributed by atoms with van der Waals surface area (Å²) in [7, 11) is -2.73. The van der Waals surface area contributed by atoms with Crippen molar-refractivity contribution in [2.24, 2.45) is 0 Å². The first-order chi connectivity index (χ1) is 22.3. The number of carbonyl (C=O) groups is 1. The van der Waals surface area contributed by atoms with Gasteiger partial charge in [-0.1, -0.05) is 146 Å². The van der Waals surface area contributed by atoms with Crippen LogP contribution in [0.3, 0.4) is 0 Å². The molecule has 0 aliphatic heterocycles. The van der Waals surface area contributed by atoms with Crippen LogP contribution in [-0.4, -0.2) is 32.6 Å². The average molecular weight is 647 g/mol. The van der Waals surface area contributed by atoms with Crippen molar-refractivity contribution in [3.8, 4) is 11.5 Å². The Morgan fingerprint density at radius 1 is 0.696 bits per heavy atom. The van der Waals surface area contributed by atoms with Crippen molar-refractivity contribution in [1.29, 1.82) is 0 Å². The quantitative estimate of drug-likeness (QED) is 0.0669. The fourth-order valence-corrected chi connectivity index (χ4v) is 10.7. The lowest BCUT2D eigenvalue weighted by Gasteiger charge is -2.43. The molecule has 0 fully saturated rings. The highest BCUT2D eigenvalue weighted by molar-refractivity contribution is 6.99. The molecular weight excluding hydrogens is 589 g/mol. The van der Waals surface area contributed by atoms with E-state index in [0.29, 0.717) is 26.2 Å². The van der Waals surface area contributed by atoms with Crippen LogP contribution >= 0.6 is 0 Å². The molecule has 1 N–H and O–H groups in total. The molecule has 5 nitrogen and oxygen atoms in total. The topological polar surface area (TPSA) is 65.0 Å². The lowest BCUT2D eigenvalue weighted by atomic mass is 10.1. The second kappa shape index (κ2) is 20.2. The van der Waals surface area contributed by atoms with Gasteiger partial charge in [0.25, 0.3) is 8.32 Å². The average Bonchev–Trinajstić information content (AvgIpc) is 3.05. The molecule has 0 atom stereocenters. The van der Waals surface area contributed by atoms with E-state index in [4.69, 9.17) is 13.9 Å². The number of phenols is 1. The van der Waals surface area contributed by atoms with Gasteiger partial charge in [-0.25, -0.2) is 0 Å². The summed E-state index contributed by atoms with van der Waals surface area (Å²) >= 11 is 0. The summed E-state index contributed by atoms with van der Waals surface area (Å²) in [5, 5.41) is 12.7. The van der Waals surface area contributed by atoms with E-state index in [2.05, 4.69) is 76.2 Å². The van der Waals surface area contributed by atoms with Gasteiger partial charge in [0.15, 0.2) is 0 Å². The van der Waals surface area contributed by atoms with Crippen LogP contribution in [0.25, 0.3) is 0 Å². The van der Waals surface area contributed by atoms with Gasteiger partial charge >= 0.3 is 5.97 Å². The Morgan fingerprint density at radius 3 is 1.83 bits per heavy atom. The Balaban J connectivity index is 1.45. The summed E-state index contributed by atoms with van der Waals surface area (Å²) in [5.41, 5.74) is 0.850. The molecule has 6 heteroatoms. The van der Waals surface area contributed by atoms with Crippen molar-refractivity contribution < 1.29 is 23.8 Å². The van der Waals surface area contributed by atoms with E-state index in [1.165, 1.54) is 42.5 Å². The van der Waals surface area contributed by atoms with E-state index >= 15 is 0 Å².